The predicted molar refractivity (Wildman–Crippen MR) is 74.9 cm³/mol. The van der Waals surface area contributed by atoms with Crippen LogP contribution in [0.4, 0.5) is 8.78 Å². The monoisotopic (exact) mass is 332 g/mol. The lowest BCUT2D eigenvalue weighted by Crippen LogP contribution is -2.04. The van der Waals surface area contributed by atoms with E-state index in [1.807, 2.05) is 13.0 Å². The van der Waals surface area contributed by atoms with E-state index in [0.29, 0.717) is 12.1 Å². The molecular formula is C14H11ClF2O3S. The highest BCUT2D eigenvalue weighted by atomic mass is 35.7. The van der Waals surface area contributed by atoms with Crippen LogP contribution in [0.2, 0.25) is 0 Å². The van der Waals surface area contributed by atoms with Crippen LogP contribution in [-0.4, -0.2) is 8.42 Å². The third-order valence-corrected chi connectivity index (χ3v) is 4.03. The third kappa shape index (κ3) is 3.92. The van der Waals surface area contributed by atoms with Crippen LogP contribution >= 0.6 is 10.7 Å². The molecule has 21 heavy (non-hydrogen) atoms. The van der Waals surface area contributed by atoms with E-state index in [-0.39, 0.29) is 6.61 Å². The number of ether oxygens (including phenoxy) is 1. The second-order valence-corrected chi connectivity index (χ2v) is 6.96. The van der Waals surface area contributed by atoms with Gasteiger partial charge >= 0.3 is 0 Å². The summed E-state index contributed by atoms with van der Waals surface area (Å²) in [4.78, 5) is -0.727. The van der Waals surface area contributed by atoms with E-state index >= 15 is 0 Å². The van der Waals surface area contributed by atoms with Gasteiger partial charge in [0.25, 0.3) is 9.05 Å². The Morgan fingerprint density at radius 3 is 2.52 bits per heavy atom. The van der Waals surface area contributed by atoms with Crippen molar-refractivity contribution in [2.75, 3.05) is 0 Å². The molecule has 0 saturated heterocycles. The van der Waals surface area contributed by atoms with Gasteiger partial charge in [-0.05, 0) is 18.6 Å². The zero-order chi connectivity index (χ0) is 15.6. The van der Waals surface area contributed by atoms with Gasteiger partial charge in [0.1, 0.15) is 17.3 Å². The molecule has 0 bridgehead atoms. The first-order valence-electron chi connectivity index (χ1n) is 5.89. The van der Waals surface area contributed by atoms with E-state index in [1.54, 1.807) is 18.2 Å². The maximum atomic E-state index is 13.7. The molecule has 7 heteroatoms. The fraction of sp³-hybridized carbons (Fsp3) is 0.143. The summed E-state index contributed by atoms with van der Waals surface area (Å²) in [6.45, 7) is 1.81. The molecule has 0 spiro atoms. The van der Waals surface area contributed by atoms with Gasteiger partial charge in [-0.1, -0.05) is 29.8 Å². The summed E-state index contributed by atoms with van der Waals surface area (Å²) in [7, 11) is 0.850. The zero-order valence-electron chi connectivity index (χ0n) is 10.9. The van der Waals surface area contributed by atoms with Gasteiger partial charge in [0, 0.05) is 16.7 Å². The van der Waals surface area contributed by atoms with E-state index in [0.717, 1.165) is 11.1 Å². The van der Waals surface area contributed by atoms with Gasteiger partial charge in [-0.3, -0.25) is 0 Å². The highest BCUT2D eigenvalue weighted by Crippen LogP contribution is 2.31. The Kier molecular flexibility index (Phi) is 4.49. The van der Waals surface area contributed by atoms with Gasteiger partial charge in [0.2, 0.25) is 0 Å². The molecule has 0 unspecified atom stereocenters. The largest absolute Gasteiger partial charge is 0.484 e. The summed E-state index contributed by atoms with van der Waals surface area (Å²) in [5.74, 6) is -2.76. The number of halogens is 3. The van der Waals surface area contributed by atoms with Crippen LogP contribution in [0.25, 0.3) is 0 Å². The molecule has 0 aliphatic rings. The van der Waals surface area contributed by atoms with Crippen LogP contribution < -0.4 is 4.74 Å². The van der Waals surface area contributed by atoms with Gasteiger partial charge in [-0.15, -0.1) is 0 Å². The van der Waals surface area contributed by atoms with Crippen molar-refractivity contribution in [3.8, 4) is 5.75 Å². The van der Waals surface area contributed by atoms with Crippen LogP contribution in [0.15, 0.2) is 41.3 Å². The van der Waals surface area contributed by atoms with Gasteiger partial charge in [-0.25, -0.2) is 17.2 Å². The van der Waals surface area contributed by atoms with Crippen LogP contribution in [0.5, 0.6) is 5.75 Å². The van der Waals surface area contributed by atoms with Crippen molar-refractivity contribution < 1.29 is 21.9 Å². The summed E-state index contributed by atoms with van der Waals surface area (Å²) < 4.78 is 54.8. The lowest BCUT2D eigenvalue weighted by Gasteiger charge is -2.11. The minimum absolute atomic E-state index is 0.0658. The predicted octanol–water partition coefficient (Wildman–Crippen LogP) is 3.78. The molecule has 112 valence electrons. The Hall–Kier alpha value is -1.66. The second kappa shape index (κ2) is 5.99. The number of benzene rings is 2. The SMILES string of the molecule is Cc1cccc(COc2c(F)cc(F)cc2S(=O)(=O)Cl)c1. The number of aryl methyl sites for hydroxylation is 1. The summed E-state index contributed by atoms with van der Waals surface area (Å²) in [5.41, 5.74) is 1.69. The molecule has 0 aliphatic heterocycles. The van der Waals surface area contributed by atoms with Crippen molar-refractivity contribution >= 4 is 19.7 Å². The van der Waals surface area contributed by atoms with Gasteiger partial charge in [0.15, 0.2) is 11.6 Å². The van der Waals surface area contributed by atoms with Crippen LogP contribution in [0.1, 0.15) is 11.1 Å². The van der Waals surface area contributed by atoms with Crippen molar-refractivity contribution in [1.29, 1.82) is 0 Å². The minimum atomic E-state index is -4.32. The quantitative estimate of drug-likeness (QED) is 0.800. The van der Waals surface area contributed by atoms with Crippen LogP contribution in [-0.2, 0) is 15.7 Å². The Labute approximate surface area is 125 Å². The van der Waals surface area contributed by atoms with Gasteiger partial charge in [-0.2, -0.15) is 0 Å². The molecule has 0 atom stereocenters. The summed E-state index contributed by atoms with van der Waals surface area (Å²) >= 11 is 0. The molecule has 0 amide bonds. The Balaban J connectivity index is 2.36. The molecule has 2 rings (SSSR count). The fourth-order valence-electron chi connectivity index (χ4n) is 1.82. The van der Waals surface area contributed by atoms with Crippen LogP contribution in [0, 0.1) is 18.6 Å². The zero-order valence-corrected chi connectivity index (χ0v) is 12.5. The van der Waals surface area contributed by atoms with Crippen molar-refractivity contribution in [3.63, 3.8) is 0 Å². The summed E-state index contributed by atoms with van der Waals surface area (Å²) in [5, 5.41) is 0. The lowest BCUT2D eigenvalue weighted by molar-refractivity contribution is 0.280. The van der Waals surface area contributed by atoms with Gasteiger partial charge < -0.3 is 4.74 Å². The second-order valence-electron chi connectivity index (χ2n) is 4.43. The maximum Gasteiger partial charge on any atom is 0.265 e. The molecule has 0 fully saturated rings. The first-order valence-corrected chi connectivity index (χ1v) is 8.20. The molecule has 0 heterocycles. The molecule has 0 N–H and O–H groups in total. The maximum absolute atomic E-state index is 13.7. The molecule has 0 aromatic heterocycles. The van der Waals surface area contributed by atoms with Crippen molar-refractivity contribution in [3.05, 3.63) is 59.2 Å². The van der Waals surface area contributed by atoms with E-state index in [1.165, 1.54) is 0 Å². The molecule has 0 radical (unpaired) electrons. The number of hydrogen-bond acceptors (Lipinski definition) is 3. The number of rotatable bonds is 4. The molecule has 3 nitrogen and oxygen atoms in total. The molecule has 0 aliphatic carbocycles. The first kappa shape index (κ1) is 15.7. The van der Waals surface area contributed by atoms with E-state index in [2.05, 4.69) is 0 Å². The Bertz CT molecular complexity index is 776. The standard InChI is InChI=1S/C14H11ClF2O3S/c1-9-3-2-4-10(5-9)8-20-14-12(17)6-11(16)7-13(14)21(15,18)19/h2-7H,8H2,1H3. The van der Waals surface area contributed by atoms with E-state index in [4.69, 9.17) is 15.4 Å². The molecule has 2 aromatic carbocycles. The van der Waals surface area contributed by atoms with Crippen molar-refractivity contribution in [2.45, 2.75) is 18.4 Å². The molecule has 2 aromatic rings. The van der Waals surface area contributed by atoms with Crippen molar-refractivity contribution in [2.24, 2.45) is 0 Å². The van der Waals surface area contributed by atoms with Crippen molar-refractivity contribution in [1.82, 2.24) is 0 Å². The number of hydrogen-bond donors (Lipinski definition) is 0. The minimum Gasteiger partial charge on any atom is -0.484 e. The average molecular weight is 333 g/mol. The highest BCUT2D eigenvalue weighted by Gasteiger charge is 2.22. The molecular weight excluding hydrogens is 322 g/mol. The topological polar surface area (TPSA) is 43.4 Å². The van der Waals surface area contributed by atoms with E-state index < -0.39 is 31.3 Å². The normalized spacial score (nSPS) is 11.4. The first-order chi connectivity index (χ1) is 9.77. The highest BCUT2D eigenvalue weighted by molar-refractivity contribution is 8.13. The molecule has 0 saturated carbocycles. The Morgan fingerprint density at radius 1 is 1.19 bits per heavy atom. The van der Waals surface area contributed by atoms with Gasteiger partial charge in [0.05, 0.1) is 0 Å². The third-order valence-electron chi connectivity index (χ3n) is 2.70. The average Bonchev–Trinajstić information content (AvgIpc) is 2.36. The Morgan fingerprint density at radius 2 is 1.90 bits per heavy atom. The van der Waals surface area contributed by atoms with E-state index in [9.17, 15) is 17.2 Å². The van der Waals surface area contributed by atoms with Crippen LogP contribution in [0.3, 0.4) is 0 Å². The summed E-state index contributed by atoms with van der Waals surface area (Å²) in [6, 6.07) is 8.36. The lowest BCUT2D eigenvalue weighted by atomic mass is 10.1. The summed E-state index contributed by atoms with van der Waals surface area (Å²) in [6.07, 6.45) is 0. The fourth-order valence-corrected chi connectivity index (χ4v) is 2.79. The smallest absolute Gasteiger partial charge is 0.265 e.